The molecule has 1 amide bonds. The fourth-order valence-electron chi connectivity index (χ4n) is 3.34. The molecule has 4 aromatic rings. The van der Waals surface area contributed by atoms with Crippen molar-refractivity contribution < 1.29 is 4.79 Å². The highest BCUT2D eigenvalue weighted by atomic mass is 16.1. The highest BCUT2D eigenvalue weighted by Crippen LogP contribution is 2.12. The minimum atomic E-state index is -0.401. The molecule has 1 aromatic carbocycles. The number of aryl methyl sites for hydroxylation is 3. The maximum absolute atomic E-state index is 13.0. The van der Waals surface area contributed by atoms with E-state index in [9.17, 15) is 9.59 Å². The molecule has 0 aliphatic heterocycles. The van der Waals surface area contributed by atoms with Gasteiger partial charge in [0.1, 0.15) is 16.8 Å². The van der Waals surface area contributed by atoms with Gasteiger partial charge in [0, 0.05) is 19.8 Å². The Kier molecular flexibility index (Phi) is 4.50. The van der Waals surface area contributed by atoms with Crippen LogP contribution in [-0.2, 0) is 13.6 Å². The van der Waals surface area contributed by atoms with E-state index in [2.05, 4.69) is 10.3 Å². The van der Waals surface area contributed by atoms with E-state index < -0.39 is 5.91 Å². The van der Waals surface area contributed by atoms with Gasteiger partial charge in [0.05, 0.1) is 10.9 Å². The van der Waals surface area contributed by atoms with Crippen molar-refractivity contribution >= 4 is 22.6 Å². The highest BCUT2D eigenvalue weighted by molar-refractivity contribution is 5.96. The second-order valence-electron chi connectivity index (χ2n) is 7.17. The second kappa shape index (κ2) is 7.01. The molecular weight excluding hydrogens is 366 g/mol. The average molecular weight is 387 g/mol. The minimum Gasteiger partial charge on any atom is -0.348 e. The van der Waals surface area contributed by atoms with E-state index in [-0.39, 0.29) is 16.6 Å². The van der Waals surface area contributed by atoms with Crippen molar-refractivity contribution in [2.75, 3.05) is 0 Å². The fraction of sp³-hybridized carbons (Fsp3) is 0.182. The summed E-state index contributed by atoms with van der Waals surface area (Å²) < 4.78 is 2.94. The molecule has 0 saturated carbocycles. The summed E-state index contributed by atoms with van der Waals surface area (Å²) in [6.07, 6.45) is 1.66. The van der Waals surface area contributed by atoms with Gasteiger partial charge >= 0.3 is 0 Å². The maximum Gasteiger partial charge on any atom is 0.267 e. The summed E-state index contributed by atoms with van der Waals surface area (Å²) in [5.74, 6) is -0.401. The zero-order valence-electron chi connectivity index (χ0n) is 16.5. The Morgan fingerprint density at radius 3 is 2.59 bits per heavy atom. The Bertz CT molecular complexity index is 1380. The van der Waals surface area contributed by atoms with Crippen LogP contribution in [0, 0.1) is 19.3 Å². The molecule has 0 unspecified atom stereocenters. The second-order valence-corrected chi connectivity index (χ2v) is 7.17. The van der Waals surface area contributed by atoms with Gasteiger partial charge < -0.3 is 9.88 Å². The smallest absolute Gasteiger partial charge is 0.267 e. The van der Waals surface area contributed by atoms with Crippen LogP contribution in [0.25, 0.3) is 16.7 Å². The molecule has 0 fully saturated rings. The molecule has 29 heavy (non-hydrogen) atoms. The number of hydrogen-bond acceptors (Lipinski definition) is 4. The first-order valence-corrected chi connectivity index (χ1v) is 9.27. The van der Waals surface area contributed by atoms with Crippen molar-refractivity contribution in [1.82, 2.24) is 19.3 Å². The molecule has 3 heterocycles. The number of hydrogen-bond donors (Lipinski definition) is 2. The first-order valence-electron chi connectivity index (χ1n) is 9.27. The molecular formula is C22H21N5O2. The molecule has 146 valence electrons. The van der Waals surface area contributed by atoms with Crippen molar-refractivity contribution in [2.24, 2.45) is 7.05 Å². The summed E-state index contributed by atoms with van der Waals surface area (Å²) >= 11 is 0. The van der Waals surface area contributed by atoms with E-state index in [0.717, 1.165) is 16.7 Å². The van der Waals surface area contributed by atoms with Crippen LogP contribution in [0.2, 0.25) is 0 Å². The van der Waals surface area contributed by atoms with Crippen molar-refractivity contribution in [2.45, 2.75) is 20.4 Å². The average Bonchev–Trinajstić information content (AvgIpc) is 2.71. The number of carbonyl (C=O) groups excluding carboxylic acids is 1. The molecule has 0 spiro atoms. The molecule has 3 aromatic heterocycles. The first-order chi connectivity index (χ1) is 13.9. The van der Waals surface area contributed by atoms with Crippen molar-refractivity contribution in [3.63, 3.8) is 0 Å². The van der Waals surface area contributed by atoms with Gasteiger partial charge in [0.15, 0.2) is 0 Å². The van der Waals surface area contributed by atoms with E-state index >= 15 is 0 Å². The summed E-state index contributed by atoms with van der Waals surface area (Å²) in [7, 11) is 1.64. The van der Waals surface area contributed by atoms with Crippen LogP contribution >= 0.6 is 0 Å². The quantitative estimate of drug-likeness (QED) is 0.528. The van der Waals surface area contributed by atoms with Crippen LogP contribution in [0.5, 0.6) is 0 Å². The summed E-state index contributed by atoms with van der Waals surface area (Å²) in [5.41, 5.74) is 3.76. The van der Waals surface area contributed by atoms with Crippen molar-refractivity contribution in [3.05, 3.63) is 86.8 Å². The number of amides is 1. The summed E-state index contributed by atoms with van der Waals surface area (Å²) in [6, 6.07) is 13.0. The van der Waals surface area contributed by atoms with Gasteiger partial charge in [-0.1, -0.05) is 35.9 Å². The Labute approximate surface area is 166 Å². The topological polar surface area (TPSA) is 92.2 Å². The van der Waals surface area contributed by atoms with Crippen LogP contribution < -0.4 is 16.4 Å². The summed E-state index contributed by atoms with van der Waals surface area (Å²) in [5, 5.41) is 11.5. The van der Waals surface area contributed by atoms with Gasteiger partial charge in [-0.2, -0.15) is 0 Å². The predicted octanol–water partition coefficient (Wildman–Crippen LogP) is 2.21. The first kappa shape index (κ1) is 18.6. The van der Waals surface area contributed by atoms with Gasteiger partial charge in [0.2, 0.25) is 0 Å². The number of nitrogens with zero attached hydrogens (tertiary/aromatic N) is 3. The summed E-state index contributed by atoms with van der Waals surface area (Å²) in [6.45, 7) is 4.22. The van der Waals surface area contributed by atoms with Crippen molar-refractivity contribution in [1.29, 1.82) is 5.41 Å². The third kappa shape index (κ3) is 3.20. The normalized spacial score (nSPS) is 11.1. The third-order valence-corrected chi connectivity index (χ3v) is 5.08. The Morgan fingerprint density at radius 2 is 1.86 bits per heavy atom. The lowest BCUT2D eigenvalue weighted by molar-refractivity contribution is 0.0948. The Hall–Kier alpha value is -3.74. The number of carbonyl (C=O) groups is 1. The molecule has 0 saturated heterocycles. The number of fused-ring (bicyclic) bond motifs is 2. The zero-order chi connectivity index (χ0) is 20.7. The number of nitrogens with one attached hydrogen (secondary N) is 2. The maximum atomic E-state index is 13.0. The predicted molar refractivity (Wildman–Crippen MR) is 111 cm³/mol. The SMILES string of the molecule is Cc1ccc(CNC(=O)c2cc3c(=O)n4cccc(C)c4nc3n(C)c2=N)cc1. The molecule has 0 aliphatic rings. The lowest BCUT2D eigenvalue weighted by atomic mass is 10.1. The van der Waals surface area contributed by atoms with Crippen LogP contribution in [0.3, 0.4) is 0 Å². The van der Waals surface area contributed by atoms with Gasteiger partial charge in [-0.25, -0.2) is 4.98 Å². The molecule has 7 heteroatoms. The Balaban J connectivity index is 1.80. The lowest BCUT2D eigenvalue weighted by Gasteiger charge is -2.12. The fourth-order valence-corrected chi connectivity index (χ4v) is 3.34. The van der Waals surface area contributed by atoms with E-state index in [1.54, 1.807) is 19.3 Å². The van der Waals surface area contributed by atoms with Crippen LogP contribution in [0.4, 0.5) is 0 Å². The van der Waals surface area contributed by atoms with Gasteiger partial charge in [0.25, 0.3) is 11.5 Å². The monoisotopic (exact) mass is 387 g/mol. The minimum absolute atomic E-state index is 0.00346. The molecule has 0 atom stereocenters. The molecule has 0 aliphatic carbocycles. The van der Waals surface area contributed by atoms with E-state index in [1.807, 2.05) is 44.2 Å². The zero-order valence-corrected chi connectivity index (χ0v) is 16.5. The van der Waals surface area contributed by atoms with Gasteiger partial charge in [-0.15, -0.1) is 0 Å². The largest absolute Gasteiger partial charge is 0.348 e. The molecule has 2 N–H and O–H groups in total. The van der Waals surface area contributed by atoms with Crippen LogP contribution in [0.15, 0.2) is 53.5 Å². The van der Waals surface area contributed by atoms with Gasteiger partial charge in [-0.3, -0.25) is 19.4 Å². The van der Waals surface area contributed by atoms with E-state index in [0.29, 0.717) is 23.2 Å². The number of aromatic nitrogens is 3. The van der Waals surface area contributed by atoms with Crippen LogP contribution in [0.1, 0.15) is 27.0 Å². The molecule has 4 rings (SSSR count). The van der Waals surface area contributed by atoms with Crippen molar-refractivity contribution in [3.8, 4) is 0 Å². The Morgan fingerprint density at radius 1 is 1.14 bits per heavy atom. The lowest BCUT2D eigenvalue weighted by Crippen LogP contribution is -2.33. The molecule has 0 radical (unpaired) electrons. The number of pyridine rings is 2. The van der Waals surface area contributed by atoms with E-state index in [4.69, 9.17) is 5.41 Å². The van der Waals surface area contributed by atoms with Crippen LogP contribution in [-0.4, -0.2) is 19.9 Å². The highest BCUT2D eigenvalue weighted by Gasteiger charge is 2.16. The molecule has 7 nitrogen and oxygen atoms in total. The number of benzene rings is 1. The molecule has 0 bridgehead atoms. The van der Waals surface area contributed by atoms with Gasteiger partial charge in [-0.05, 0) is 37.1 Å². The standard InChI is InChI=1S/C22H21N5O2/c1-13-6-8-15(9-7-13)12-24-21(28)16-11-17-20(26(3)18(16)23)25-19-14(2)5-4-10-27(19)22(17)29/h4-11,23H,12H2,1-3H3,(H,24,28). The summed E-state index contributed by atoms with van der Waals surface area (Å²) in [4.78, 5) is 30.3. The number of rotatable bonds is 3. The van der Waals surface area contributed by atoms with E-state index in [1.165, 1.54) is 15.0 Å². The third-order valence-electron chi connectivity index (χ3n) is 5.08.